The molecule has 60 valence electrons. The van der Waals surface area contributed by atoms with Crippen LogP contribution in [0.4, 0.5) is 10.2 Å². The zero-order chi connectivity index (χ0) is 8.27. The average molecular weight is 155 g/mol. The van der Waals surface area contributed by atoms with Gasteiger partial charge in [-0.25, -0.2) is 0 Å². The third-order valence-corrected chi connectivity index (χ3v) is 1.04. The number of halogens is 1. The molecule has 1 aromatic heterocycles. The van der Waals surface area contributed by atoms with Gasteiger partial charge in [-0.1, -0.05) is 0 Å². The Hall–Kier alpha value is -1.19. The van der Waals surface area contributed by atoms with Gasteiger partial charge in [-0.15, -0.1) is 0 Å². The first-order valence-electron chi connectivity index (χ1n) is 3.42. The summed E-state index contributed by atoms with van der Waals surface area (Å²) in [5, 5.41) is 2.93. The summed E-state index contributed by atoms with van der Waals surface area (Å²) in [4.78, 5) is 7.21. The van der Waals surface area contributed by atoms with Crippen LogP contribution < -0.4 is 5.32 Å². The summed E-state index contributed by atoms with van der Waals surface area (Å²) in [6, 6.07) is 0.242. The molecule has 0 amide bonds. The van der Waals surface area contributed by atoms with E-state index in [2.05, 4.69) is 15.3 Å². The van der Waals surface area contributed by atoms with E-state index in [9.17, 15) is 4.39 Å². The highest BCUT2D eigenvalue weighted by Crippen LogP contribution is 2.01. The van der Waals surface area contributed by atoms with Crippen LogP contribution in [0.2, 0.25) is 0 Å². The minimum atomic E-state index is -0.560. The Morgan fingerprint density at radius 2 is 2.18 bits per heavy atom. The molecule has 0 aliphatic rings. The van der Waals surface area contributed by atoms with Gasteiger partial charge in [0.1, 0.15) is 5.82 Å². The Labute approximate surface area is 64.7 Å². The van der Waals surface area contributed by atoms with Crippen molar-refractivity contribution in [2.45, 2.75) is 19.9 Å². The van der Waals surface area contributed by atoms with Crippen LogP contribution in [0.5, 0.6) is 0 Å². The topological polar surface area (TPSA) is 37.8 Å². The monoisotopic (exact) mass is 155 g/mol. The highest BCUT2D eigenvalue weighted by molar-refractivity contribution is 5.30. The molecule has 0 radical (unpaired) electrons. The largest absolute Gasteiger partial charge is 0.367 e. The zero-order valence-corrected chi connectivity index (χ0v) is 6.50. The second kappa shape index (κ2) is 3.27. The molecule has 0 saturated heterocycles. The molecule has 0 spiro atoms. The number of nitrogens with one attached hydrogen (secondary N) is 1. The van der Waals surface area contributed by atoms with Crippen molar-refractivity contribution >= 4 is 5.82 Å². The minimum Gasteiger partial charge on any atom is -0.367 e. The van der Waals surface area contributed by atoms with Crippen molar-refractivity contribution < 1.29 is 4.39 Å². The Morgan fingerprint density at radius 1 is 1.45 bits per heavy atom. The number of hydrogen-bond donors (Lipinski definition) is 1. The Morgan fingerprint density at radius 3 is 2.73 bits per heavy atom. The number of nitrogens with zero attached hydrogens (tertiary/aromatic N) is 2. The van der Waals surface area contributed by atoms with E-state index in [4.69, 9.17) is 0 Å². The second-order valence-electron chi connectivity index (χ2n) is 2.53. The van der Waals surface area contributed by atoms with Gasteiger partial charge in [-0.05, 0) is 13.8 Å². The summed E-state index contributed by atoms with van der Waals surface area (Å²) in [5.74, 6) is -0.0874. The normalized spacial score (nSPS) is 10.2. The SMILES string of the molecule is CC(C)Nc1cncc(F)n1. The lowest BCUT2D eigenvalue weighted by Gasteiger charge is -2.06. The molecule has 1 N–H and O–H groups in total. The molecule has 0 saturated carbocycles. The number of rotatable bonds is 2. The maximum atomic E-state index is 12.4. The first-order chi connectivity index (χ1) is 5.18. The predicted molar refractivity (Wildman–Crippen MR) is 40.7 cm³/mol. The molecular weight excluding hydrogens is 145 g/mol. The molecule has 1 rings (SSSR count). The van der Waals surface area contributed by atoms with E-state index in [0.29, 0.717) is 5.82 Å². The number of aromatic nitrogens is 2. The standard InChI is InChI=1S/C7H10FN3/c1-5(2)10-7-4-9-3-6(8)11-7/h3-5H,1-2H3,(H,10,11). The highest BCUT2D eigenvalue weighted by Gasteiger charge is 1.97. The fraction of sp³-hybridized carbons (Fsp3) is 0.429. The van der Waals surface area contributed by atoms with E-state index < -0.39 is 5.95 Å². The van der Waals surface area contributed by atoms with E-state index in [1.165, 1.54) is 6.20 Å². The van der Waals surface area contributed by atoms with Gasteiger partial charge in [0.15, 0.2) is 0 Å². The summed E-state index contributed by atoms with van der Waals surface area (Å²) in [7, 11) is 0. The van der Waals surface area contributed by atoms with Crippen LogP contribution in [0, 0.1) is 5.95 Å². The maximum Gasteiger partial charge on any atom is 0.233 e. The molecule has 0 fully saturated rings. The van der Waals surface area contributed by atoms with E-state index in [-0.39, 0.29) is 6.04 Å². The first kappa shape index (κ1) is 7.91. The molecule has 0 aliphatic carbocycles. The zero-order valence-electron chi connectivity index (χ0n) is 6.50. The Balaban J connectivity index is 2.71. The lowest BCUT2D eigenvalue weighted by molar-refractivity contribution is 0.577. The molecule has 3 nitrogen and oxygen atoms in total. The van der Waals surface area contributed by atoms with Crippen molar-refractivity contribution in [3.8, 4) is 0 Å². The lowest BCUT2D eigenvalue weighted by atomic mass is 10.4. The fourth-order valence-electron chi connectivity index (χ4n) is 0.707. The predicted octanol–water partition coefficient (Wildman–Crippen LogP) is 1.44. The quantitative estimate of drug-likeness (QED) is 0.702. The molecule has 0 unspecified atom stereocenters. The van der Waals surface area contributed by atoms with Crippen molar-refractivity contribution in [1.29, 1.82) is 0 Å². The van der Waals surface area contributed by atoms with Gasteiger partial charge in [0, 0.05) is 6.04 Å². The fourth-order valence-corrected chi connectivity index (χ4v) is 0.707. The molecule has 1 heterocycles. The van der Waals surface area contributed by atoms with Gasteiger partial charge in [0.2, 0.25) is 5.95 Å². The van der Waals surface area contributed by atoms with E-state index in [1.54, 1.807) is 0 Å². The van der Waals surface area contributed by atoms with E-state index in [0.717, 1.165) is 6.20 Å². The summed E-state index contributed by atoms with van der Waals surface area (Å²) in [6.07, 6.45) is 2.56. The van der Waals surface area contributed by atoms with E-state index >= 15 is 0 Å². The second-order valence-corrected chi connectivity index (χ2v) is 2.53. The smallest absolute Gasteiger partial charge is 0.233 e. The van der Waals surface area contributed by atoms with Crippen LogP contribution >= 0.6 is 0 Å². The van der Waals surface area contributed by atoms with Gasteiger partial charge in [-0.3, -0.25) is 4.98 Å². The summed E-state index contributed by atoms with van der Waals surface area (Å²) in [6.45, 7) is 3.90. The first-order valence-corrected chi connectivity index (χ1v) is 3.42. The average Bonchev–Trinajstić information content (AvgIpc) is 1.85. The number of anilines is 1. The lowest BCUT2D eigenvalue weighted by Crippen LogP contribution is -2.11. The van der Waals surface area contributed by atoms with Gasteiger partial charge in [-0.2, -0.15) is 9.37 Å². The van der Waals surface area contributed by atoms with Crippen molar-refractivity contribution in [1.82, 2.24) is 9.97 Å². The van der Waals surface area contributed by atoms with Crippen molar-refractivity contribution in [3.05, 3.63) is 18.3 Å². The summed E-state index contributed by atoms with van der Waals surface area (Å²) < 4.78 is 12.4. The molecule has 0 aliphatic heterocycles. The van der Waals surface area contributed by atoms with Crippen LogP contribution in [0.15, 0.2) is 12.4 Å². The Bertz CT molecular complexity index is 237. The van der Waals surface area contributed by atoms with Crippen molar-refractivity contribution in [3.63, 3.8) is 0 Å². The summed E-state index contributed by atoms with van der Waals surface area (Å²) >= 11 is 0. The molecule has 4 heteroatoms. The molecule has 11 heavy (non-hydrogen) atoms. The highest BCUT2D eigenvalue weighted by atomic mass is 19.1. The van der Waals surface area contributed by atoms with Crippen LogP contribution in [-0.4, -0.2) is 16.0 Å². The minimum absolute atomic E-state index is 0.242. The molecule has 1 aromatic rings. The van der Waals surface area contributed by atoms with E-state index in [1.807, 2.05) is 13.8 Å². The third-order valence-electron chi connectivity index (χ3n) is 1.04. The van der Waals surface area contributed by atoms with Crippen LogP contribution in [0.1, 0.15) is 13.8 Å². The number of hydrogen-bond acceptors (Lipinski definition) is 3. The third kappa shape index (κ3) is 2.49. The van der Waals surface area contributed by atoms with Crippen molar-refractivity contribution in [2.24, 2.45) is 0 Å². The van der Waals surface area contributed by atoms with Crippen molar-refractivity contribution in [2.75, 3.05) is 5.32 Å². The van der Waals surface area contributed by atoms with Crippen LogP contribution in [0.3, 0.4) is 0 Å². The van der Waals surface area contributed by atoms with Gasteiger partial charge in [0.05, 0.1) is 12.4 Å². The molecule has 0 bridgehead atoms. The maximum absolute atomic E-state index is 12.4. The summed E-state index contributed by atoms with van der Waals surface area (Å²) in [5.41, 5.74) is 0. The van der Waals surface area contributed by atoms with Gasteiger partial charge < -0.3 is 5.32 Å². The Kier molecular flexibility index (Phi) is 2.36. The molecular formula is C7H10FN3. The molecule has 0 atom stereocenters. The molecule has 0 aromatic carbocycles. The van der Waals surface area contributed by atoms with Crippen LogP contribution in [-0.2, 0) is 0 Å². The van der Waals surface area contributed by atoms with Gasteiger partial charge in [0.25, 0.3) is 0 Å². The van der Waals surface area contributed by atoms with Gasteiger partial charge >= 0.3 is 0 Å². The van der Waals surface area contributed by atoms with Crippen LogP contribution in [0.25, 0.3) is 0 Å².